The van der Waals surface area contributed by atoms with Gasteiger partial charge in [0.25, 0.3) is 0 Å². The summed E-state index contributed by atoms with van der Waals surface area (Å²) in [6.07, 6.45) is 2.88. The zero-order valence-electron chi connectivity index (χ0n) is 7.61. The highest BCUT2D eigenvalue weighted by molar-refractivity contribution is 7.98. The monoisotopic (exact) mass is 223 g/mol. The molecule has 0 atom stereocenters. The van der Waals surface area contributed by atoms with Gasteiger partial charge in [-0.1, -0.05) is 0 Å². The largest absolute Gasteiger partial charge is 0.398 e. The second kappa shape index (κ2) is 3.63. The van der Waals surface area contributed by atoms with Crippen LogP contribution in [0, 0.1) is 0 Å². The molecule has 0 bridgehead atoms. The number of benzene rings is 1. The van der Waals surface area contributed by atoms with Crippen molar-refractivity contribution in [3.05, 3.63) is 23.1 Å². The van der Waals surface area contributed by atoms with E-state index in [0.717, 1.165) is 32.5 Å². The molecule has 14 heavy (non-hydrogen) atoms. The second-order valence-corrected chi connectivity index (χ2v) is 4.60. The van der Waals surface area contributed by atoms with Crippen LogP contribution in [0.4, 0.5) is 5.69 Å². The van der Waals surface area contributed by atoms with Crippen LogP contribution in [0.2, 0.25) is 0 Å². The Morgan fingerprint density at radius 1 is 1.50 bits per heavy atom. The molecule has 72 valence electrons. The molecule has 0 fully saturated rings. The fourth-order valence-corrected chi connectivity index (χ4v) is 3.08. The molecule has 4 heteroatoms. The second-order valence-electron chi connectivity index (χ2n) is 2.87. The number of aldehydes is 1. The Morgan fingerprint density at radius 3 is 2.93 bits per heavy atom. The van der Waals surface area contributed by atoms with Crippen LogP contribution < -0.4 is 5.73 Å². The summed E-state index contributed by atoms with van der Waals surface area (Å²) in [4.78, 5) is 11.9. The van der Waals surface area contributed by atoms with Gasteiger partial charge in [-0.25, -0.2) is 0 Å². The third-order valence-electron chi connectivity index (χ3n) is 2.09. The van der Waals surface area contributed by atoms with E-state index in [0.29, 0.717) is 0 Å². The average molecular weight is 223 g/mol. The summed E-state index contributed by atoms with van der Waals surface area (Å²) in [6, 6.07) is 3.85. The number of fused-ring (bicyclic) bond motifs is 1. The van der Waals surface area contributed by atoms with Crippen molar-refractivity contribution in [3.63, 3.8) is 0 Å². The van der Waals surface area contributed by atoms with Crippen LogP contribution >= 0.6 is 23.1 Å². The summed E-state index contributed by atoms with van der Waals surface area (Å²) in [5.41, 5.74) is 7.32. The van der Waals surface area contributed by atoms with E-state index in [1.807, 2.05) is 23.8 Å². The standard InChI is InChI=1S/C10H9NOS2/c1-13-8-3-2-7(11)10-9(8)6(4-12)5-14-10/h2-5H,11H2,1H3. The van der Waals surface area contributed by atoms with Crippen molar-refractivity contribution in [2.45, 2.75) is 4.90 Å². The van der Waals surface area contributed by atoms with Gasteiger partial charge in [0.15, 0.2) is 6.29 Å². The van der Waals surface area contributed by atoms with Gasteiger partial charge >= 0.3 is 0 Å². The topological polar surface area (TPSA) is 43.1 Å². The van der Waals surface area contributed by atoms with Crippen molar-refractivity contribution in [2.24, 2.45) is 0 Å². The Labute approximate surface area is 90.1 Å². The van der Waals surface area contributed by atoms with Gasteiger partial charge in [0.1, 0.15) is 0 Å². The summed E-state index contributed by atoms with van der Waals surface area (Å²) in [7, 11) is 0. The van der Waals surface area contributed by atoms with Crippen molar-refractivity contribution in [3.8, 4) is 0 Å². The molecule has 0 aliphatic carbocycles. The zero-order valence-corrected chi connectivity index (χ0v) is 9.24. The van der Waals surface area contributed by atoms with Gasteiger partial charge in [-0.15, -0.1) is 23.1 Å². The molecule has 0 radical (unpaired) electrons. The predicted molar refractivity (Wildman–Crippen MR) is 63.4 cm³/mol. The SMILES string of the molecule is CSc1ccc(N)c2scc(C=O)c12. The highest BCUT2D eigenvalue weighted by atomic mass is 32.2. The Bertz CT molecular complexity index is 490. The Balaban J connectivity index is 2.88. The smallest absolute Gasteiger partial charge is 0.151 e. The normalized spacial score (nSPS) is 10.6. The number of hydrogen-bond acceptors (Lipinski definition) is 4. The quantitative estimate of drug-likeness (QED) is 0.483. The van der Waals surface area contributed by atoms with Crippen molar-refractivity contribution in [1.82, 2.24) is 0 Å². The van der Waals surface area contributed by atoms with Gasteiger partial charge in [0.05, 0.1) is 4.70 Å². The average Bonchev–Trinajstić information content (AvgIpc) is 2.63. The van der Waals surface area contributed by atoms with E-state index >= 15 is 0 Å². The van der Waals surface area contributed by atoms with E-state index in [1.54, 1.807) is 11.8 Å². The highest BCUT2D eigenvalue weighted by Crippen LogP contribution is 2.36. The number of nitrogens with two attached hydrogens (primary N) is 1. The first-order valence-corrected chi connectivity index (χ1v) is 6.17. The summed E-state index contributed by atoms with van der Waals surface area (Å²) in [5.74, 6) is 0. The van der Waals surface area contributed by atoms with E-state index in [2.05, 4.69) is 0 Å². The molecular weight excluding hydrogens is 214 g/mol. The summed E-state index contributed by atoms with van der Waals surface area (Å²) >= 11 is 3.16. The fraction of sp³-hybridized carbons (Fsp3) is 0.100. The summed E-state index contributed by atoms with van der Waals surface area (Å²) in [5, 5.41) is 2.85. The van der Waals surface area contributed by atoms with Crippen LogP contribution in [0.3, 0.4) is 0 Å². The predicted octanol–water partition coefficient (Wildman–Crippen LogP) is 3.02. The third kappa shape index (κ3) is 1.31. The number of thiophene rings is 1. The highest BCUT2D eigenvalue weighted by Gasteiger charge is 2.09. The van der Waals surface area contributed by atoms with Crippen molar-refractivity contribution in [1.29, 1.82) is 0 Å². The molecule has 1 aromatic carbocycles. The third-order valence-corrected chi connectivity index (χ3v) is 3.92. The first-order valence-electron chi connectivity index (χ1n) is 4.06. The van der Waals surface area contributed by atoms with Crippen molar-refractivity contribution < 1.29 is 4.79 Å². The molecule has 2 N–H and O–H groups in total. The van der Waals surface area contributed by atoms with Gasteiger partial charge < -0.3 is 5.73 Å². The van der Waals surface area contributed by atoms with E-state index < -0.39 is 0 Å². The van der Waals surface area contributed by atoms with Gasteiger partial charge in [-0.3, -0.25) is 4.79 Å². The number of carbonyl (C=O) groups is 1. The van der Waals surface area contributed by atoms with E-state index in [-0.39, 0.29) is 0 Å². The minimum atomic E-state index is 0.738. The van der Waals surface area contributed by atoms with Gasteiger partial charge in [-0.2, -0.15) is 0 Å². The molecule has 0 saturated carbocycles. The molecule has 2 nitrogen and oxygen atoms in total. The number of hydrogen-bond donors (Lipinski definition) is 1. The molecule has 0 saturated heterocycles. The van der Waals surface area contributed by atoms with Gasteiger partial charge in [-0.05, 0) is 18.4 Å². The lowest BCUT2D eigenvalue weighted by Crippen LogP contribution is -1.86. The maximum absolute atomic E-state index is 10.8. The lowest BCUT2D eigenvalue weighted by Gasteiger charge is -2.02. The lowest BCUT2D eigenvalue weighted by molar-refractivity contribution is 0.112. The van der Waals surface area contributed by atoms with Gasteiger partial charge in [0.2, 0.25) is 0 Å². The first kappa shape index (κ1) is 9.55. The van der Waals surface area contributed by atoms with Crippen LogP contribution in [0.5, 0.6) is 0 Å². The number of carbonyl (C=O) groups excluding carboxylic acids is 1. The van der Waals surface area contributed by atoms with E-state index in [9.17, 15) is 4.79 Å². The van der Waals surface area contributed by atoms with Crippen LogP contribution in [-0.2, 0) is 0 Å². The number of anilines is 1. The maximum Gasteiger partial charge on any atom is 0.151 e. The fourth-order valence-electron chi connectivity index (χ4n) is 1.42. The van der Waals surface area contributed by atoms with E-state index in [4.69, 9.17) is 5.73 Å². The molecule has 0 aliphatic rings. The molecule has 2 rings (SSSR count). The van der Waals surface area contributed by atoms with Crippen molar-refractivity contribution >= 4 is 45.2 Å². The molecule has 0 amide bonds. The molecule has 0 unspecified atom stereocenters. The summed E-state index contributed by atoms with van der Waals surface area (Å²) < 4.78 is 1.01. The van der Waals surface area contributed by atoms with Crippen molar-refractivity contribution in [2.75, 3.05) is 12.0 Å². The molecule has 0 spiro atoms. The molecule has 0 aliphatic heterocycles. The molecular formula is C10H9NOS2. The maximum atomic E-state index is 10.8. The first-order chi connectivity index (χ1) is 6.77. The molecule has 2 aromatic rings. The van der Waals surface area contributed by atoms with Crippen LogP contribution in [0.15, 0.2) is 22.4 Å². The Morgan fingerprint density at radius 2 is 2.29 bits per heavy atom. The Hall–Kier alpha value is -1.00. The minimum absolute atomic E-state index is 0.738. The van der Waals surface area contributed by atoms with Crippen LogP contribution in [-0.4, -0.2) is 12.5 Å². The number of nitrogen functional groups attached to an aromatic ring is 1. The van der Waals surface area contributed by atoms with Gasteiger partial charge in [0, 0.05) is 26.9 Å². The summed E-state index contributed by atoms with van der Waals surface area (Å²) in [6.45, 7) is 0. The van der Waals surface area contributed by atoms with Crippen LogP contribution in [0.1, 0.15) is 10.4 Å². The van der Waals surface area contributed by atoms with Crippen LogP contribution in [0.25, 0.3) is 10.1 Å². The zero-order chi connectivity index (χ0) is 10.1. The van der Waals surface area contributed by atoms with E-state index in [1.165, 1.54) is 11.3 Å². The molecule has 1 aromatic heterocycles. The Kier molecular flexibility index (Phi) is 2.48. The molecule has 1 heterocycles. The minimum Gasteiger partial charge on any atom is -0.398 e. The lowest BCUT2D eigenvalue weighted by atomic mass is 10.2. The number of thioether (sulfide) groups is 1. The number of rotatable bonds is 2.